The van der Waals surface area contributed by atoms with Gasteiger partial charge in [-0.25, -0.2) is 4.79 Å². The predicted octanol–water partition coefficient (Wildman–Crippen LogP) is 0.575. The summed E-state index contributed by atoms with van der Waals surface area (Å²) in [6.07, 6.45) is 2.26. The number of amides is 2. The van der Waals surface area contributed by atoms with Crippen LogP contribution < -0.4 is 15.8 Å². The van der Waals surface area contributed by atoms with Gasteiger partial charge in [-0.1, -0.05) is 12.1 Å². The highest BCUT2D eigenvalue weighted by atomic mass is 32.2. The number of ether oxygens (including phenoxy) is 2. The molecule has 126 valence electrons. The van der Waals surface area contributed by atoms with E-state index in [0.717, 1.165) is 0 Å². The van der Waals surface area contributed by atoms with Gasteiger partial charge in [0.1, 0.15) is 11.8 Å². The summed E-state index contributed by atoms with van der Waals surface area (Å²) in [5.74, 6) is -0.856. The van der Waals surface area contributed by atoms with E-state index in [1.54, 1.807) is 24.3 Å². The molecule has 0 aromatic heterocycles. The van der Waals surface area contributed by atoms with Crippen molar-refractivity contribution in [3.05, 3.63) is 29.8 Å². The summed E-state index contributed by atoms with van der Waals surface area (Å²) >= 11 is 1.53. The average molecular weight is 340 g/mol. The van der Waals surface area contributed by atoms with Crippen LogP contribution in [0.1, 0.15) is 16.8 Å². The quantitative estimate of drug-likeness (QED) is 0.637. The zero-order chi connectivity index (χ0) is 17.2. The molecule has 0 heterocycles. The molecule has 8 heteroatoms. The van der Waals surface area contributed by atoms with Crippen LogP contribution in [0.2, 0.25) is 0 Å². The fourth-order valence-corrected chi connectivity index (χ4v) is 2.27. The second-order valence-electron chi connectivity index (χ2n) is 4.58. The van der Waals surface area contributed by atoms with Crippen molar-refractivity contribution >= 4 is 29.5 Å². The molecule has 0 fully saturated rings. The molecule has 0 aliphatic carbocycles. The third-order valence-corrected chi connectivity index (χ3v) is 3.55. The van der Waals surface area contributed by atoms with E-state index >= 15 is 0 Å². The number of nitrogens with one attached hydrogen (secondary N) is 1. The molecule has 0 aliphatic rings. The average Bonchev–Trinajstić information content (AvgIpc) is 2.55. The van der Waals surface area contributed by atoms with Gasteiger partial charge in [-0.3, -0.25) is 9.59 Å². The van der Waals surface area contributed by atoms with Crippen LogP contribution in [0, 0.1) is 0 Å². The monoisotopic (exact) mass is 340 g/mol. The van der Waals surface area contributed by atoms with E-state index in [1.165, 1.54) is 18.9 Å². The highest BCUT2D eigenvalue weighted by Crippen LogP contribution is 2.17. The topological polar surface area (TPSA) is 108 Å². The van der Waals surface area contributed by atoms with Crippen molar-refractivity contribution in [1.82, 2.24) is 5.32 Å². The maximum atomic E-state index is 12.3. The molecule has 0 bridgehead atoms. The summed E-state index contributed by atoms with van der Waals surface area (Å²) in [6, 6.07) is 5.81. The summed E-state index contributed by atoms with van der Waals surface area (Å²) < 4.78 is 9.91. The molecule has 3 N–H and O–H groups in total. The smallest absolute Gasteiger partial charge is 0.329 e. The normalized spacial score (nSPS) is 11.4. The van der Waals surface area contributed by atoms with Crippen LogP contribution in [-0.2, 0) is 14.3 Å². The van der Waals surface area contributed by atoms with Gasteiger partial charge in [0.05, 0.1) is 12.7 Å². The van der Waals surface area contributed by atoms with Crippen molar-refractivity contribution in [2.75, 3.05) is 25.7 Å². The molecular weight excluding hydrogens is 320 g/mol. The number of esters is 1. The van der Waals surface area contributed by atoms with Gasteiger partial charge in [-0.05, 0) is 30.6 Å². The molecular formula is C15H20N2O5S. The number of rotatable bonds is 9. The van der Waals surface area contributed by atoms with E-state index in [4.69, 9.17) is 15.2 Å². The van der Waals surface area contributed by atoms with E-state index in [1.807, 2.05) is 6.26 Å². The molecule has 1 atom stereocenters. The van der Waals surface area contributed by atoms with Crippen molar-refractivity contribution in [1.29, 1.82) is 0 Å². The number of methoxy groups -OCH3 is 1. The van der Waals surface area contributed by atoms with Crippen LogP contribution in [0.4, 0.5) is 0 Å². The minimum Gasteiger partial charge on any atom is -0.496 e. The lowest BCUT2D eigenvalue weighted by atomic mass is 10.1. The number of primary amides is 1. The van der Waals surface area contributed by atoms with Gasteiger partial charge in [0, 0.05) is 0 Å². The van der Waals surface area contributed by atoms with Crippen molar-refractivity contribution < 1.29 is 23.9 Å². The van der Waals surface area contributed by atoms with Crippen LogP contribution in [0.25, 0.3) is 0 Å². The highest BCUT2D eigenvalue weighted by molar-refractivity contribution is 7.98. The molecule has 2 amide bonds. The van der Waals surface area contributed by atoms with Crippen LogP contribution in [-0.4, -0.2) is 49.6 Å². The molecule has 0 spiro atoms. The molecule has 0 radical (unpaired) electrons. The van der Waals surface area contributed by atoms with Gasteiger partial charge in [0.15, 0.2) is 6.61 Å². The minimum atomic E-state index is -0.862. The maximum absolute atomic E-state index is 12.3. The lowest BCUT2D eigenvalue weighted by molar-refractivity contribution is -0.149. The second-order valence-corrected chi connectivity index (χ2v) is 5.57. The molecule has 1 rings (SSSR count). The van der Waals surface area contributed by atoms with Crippen LogP contribution in [0.5, 0.6) is 5.75 Å². The lowest BCUT2D eigenvalue weighted by Crippen LogP contribution is -2.43. The minimum absolute atomic E-state index is 0.312. The van der Waals surface area contributed by atoms with E-state index in [-0.39, 0.29) is 0 Å². The van der Waals surface area contributed by atoms with Crippen molar-refractivity contribution in [2.24, 2.45) is 5.73 Å². The molecule has 0 saturated heterocycles. The fraction of sp³-hybridized carbons (Fsp3) is 0.400. The Hall–Kier alpha value is -2.22. The first-order valence-corrected chi connectivity index (χ1v) is 8.26. The van der Waals surface area contributed by atoms with Crippen molar-refractivity contribution in [3.8, 4) is 5.75 Å². The summed E-state index contributed by atoms with van der Waals surface area (Å²) in [7, 11) is 1.46. The number of carbonyl (C=O) groups is 3. The van der Waals surface area contributed by atoms with Gasteiger partial charge >= 0.3 is 5.97 Å². The van der Waals surface area contributed by atoms with Gasteiger partial charge in [-0.15, -0.1) is 0 Å². The fourth-order valence-electron chi connectivity index (χ4n) is 1.80. The summed E-state index contributed by atoms with van der Waals surface area (Å²) in [5, 5.41) is 2.61. The zero-order valence-corrected chi connectivity index (χ0v) is 13.9. The number of nitrogens with two attached hydrogens (primary N) is 1. The SMILES string of the molecule is COc1ccccc1C(=O)N[C@@H](CCSC)C(=O)OCC(N)=O. The van der Waals surface area contributed by atoms with Crippen LogP contribution in [0.15, 0.2) is 24.3 Å². The molecule has 0 aliphatic heterocycles. The molecule has 1 aromatic carbocycles. The van der Waals surface area contributed by atoms with Crippen LogP contribution >= 0.6 is 11.8 Å². The lowest BCUT2D eigenvalue weighted by Gasteiger charge is -2.17. The first-order valence-electron chi connectivity index (χ1n) is 6.87. The molecule has 23 heavy (non-hydrogen) atoms. The largest absolute Gasteiger partial charge is 0.496 e. The molecule has 7 nitrogen and oxygen atoms in total. The molecule has 0 unspecified atom stereocenters. The molecule has 0 saturated carbocycles. The Morgan fingerprint density at radius 3 is 2.61 bits per heavy atom. The predicted molar refractivity (Wildman–Crippen MR) is 87.4 cm³/mol. The highest BCUT2D eigenvalue weighted by Gasteiger charge is 2.24. The first-order chi connectivity index (χ1) is 11.0. The van der Waals surface area contributed by atoms with E-state index in [9.17, 15) is 14.4 Å². The van der Waals surface area contributed by atoms with Crippen LogP contribution in [0.3, 0.4) is 0 Å². The Morgan fingerprint density at radius 2 is 2.00 bits per heavy atom. The Labute approximate surface area is 138 Å². The summed E-state index contributed by atoms with van der Waals surface area (Å²) in [6.45, 7) is -0.515. The number of thioether (sulfide) groups is 1. The third kappa shape index (κ3) is 6.19. The number of benzene rings is 1. The Morgan fingerprint density at radius 1 is 1.30 bits per heavy atom. The number of carbonyl (C=O) groups excluding carboxylic acids is 3. The van der Waals surface area contributed by atoms with Gasteiger partial charge in [-0.2, -0.15) is 11.8 Å². The number of hydrogen-bond acceptors (Lipinski definition) is 6. The Balaban J connectivity index is 2.80. The maximum Gasteiger partial charge on any atom is 0.329 e. The molecule has 1 aromatic rings. The van der Waals surface area contributed by atoms with Crippen molar-refractivity contribution in [3.63, 3.8) is 0 Å². The van der Waals surface area contributed by atoms with Gasteiger partial charge in [0.25, 0.3) is 11.8 Å². The zero-order valence-electron chi connectivity index (χ0n) is 13.0. The van der Waals surface area contributed by atoms with Gasteiger partial charge < -0.3 is 20.5 Å². The number of hydrogen-bond donors (Lipinski definition) is 2. The number of para-hydroxylation sites is 1. The van der Waals surface area contributed by atoms with E-state index in [2.05, 4.69) is 5.32 Å². The van der Waals surface area contributed by atoms with Gasteiger partial charge in [0.2, 0.25) is 0 Å². The summed E-state index contributed by atoms with van der Waals surface area (Å²) in [5.41, 5.74) is 5.26. The van der Waals surface area contributed by atoms with E-state index < -0.39 is 30.4 Å². The standard InChI is InChI=1S/C15H20N2O5S/c1-21-12-6-4-3-5-10(12)14(19)17-11(7-8-23-2)15(20)22-9-13(16)18/h3-6,11H,7-9H2,1-2H3,(H2,16,18)(H,17,19)/t11-/m0/s1. The Kier molecular flexibility index (Phi) is 7.96. The first kappa shape index (κ1) is 18.8. The summed E-state index contributed by atoms with van der Waals surface area (Å²) in [4.78, 5) is 35.0. The third-order valence-electron chi connectivity index (χ3n) is 2.91. The van der Waals surface area contributed by atoms with Crippen molar-refractivity contribution in [2.45, 2.75) is 12.5 Å². The Bertz CT molecular complexity index is 565. The second kappa shape index (κ2) is 9.73. The van der Waals surface area contributed by atoms with E-state index in [0.29, 0.717) is 23.5 Å².